The number of nitrogens with one attached hydrogen (secondary N) is 1. The van der Waals surface area contributed by atoms with Crippen LogP contribution in [0.3, 0.4) is 0 Å². The molecule has 0 radical (unpaired) electrons. The maximum atomic E-state index is 4.36. The van der Waals surface area contributed by atoms with Gasteiger partial charge < -0.3 is 5.32 Å². The van der Waals surface area contributed by atoms with Crippen molar-refractivity contribution in [3.05, 3.63) is 16.1 Å². The first-order chi connectivity index (χ1) is 8.72. The maximum Gasteiger partial charge on any atom is 0.0897 e. The lowest BCUT2D eigenvalue weighted by Gasteiger charge is -2.40. The van der Waals surface area contributed by atoms with Gasteiger partial charge in [-0.25, -0.2) is 4.98 Å². The normalized spacial score (nSPS) is 25.5. The van der Waals surface area contributed by atoms with Gasteiger partial charge in [0.25, 0.3) is 0 Å². The number of aryl methyl sites for hydroxylation is 1. The summed E-state index contributed by atoms with van der Waals surface area (Å²) in [4.78, 5) is 8.41. The molecule has 3 nitrogen and oxygen atoms in total. The highest BCUT2D eigenvalue weighted by Crippen LogP contribution is 2.20. The van der Waals surface area contributed by atoms with Crippen LogP contribution in [-0.4, -0.2) is 35.1 Å². The van der Waals surface area contributed by atoms with Crippen molar-refractivity contribution < 1.29 is 0 Å². The van der Waals surface area contributed by atoms with E-state index in [4.69, 9.17) is 0 Å². The second-order valence-electron chi connectivity index (χ2n) is 5.23. The van der Waals surface area contributed by atoms with Crippen LogP contribution in [0.2, 0.25) is 0 Å². The number of hydrogen-bond acceptors (Lipinski definition) is 4. The molecule has 2 unspecified atom stereocenters. The smallest absolute Gasteiger partial charge is 0.0897 e. The molecule has 1 aliphatic heterocycles. The van der Waals surface area contributed by atoms with E-state index in [0.29, 0.717) is 12.1 Å². The van der Waals surface area contributed by atoms with Gasteiger partial charge in [0, 0.05) is 42.8 Å². The van der Waals surface area contributed by atoms with Crippen molar-refractivity contribution in [2.45, 2.75) is 58.7 Å². The van der Waals surface area contributed by atoms with Crippen molar-refractivity contribution in [2.75, 3.05) is 13.1 Å². The molecule has 2 heterocycles. The van der Waals surface area contributed by atoms with Crippen LogP contribution in [0.25, 0.3) is 0 Å². The molecule has 1 saturated heterocycles. The molecule has 4 heteroatoms. The van der Waals surface area contributed by atoms with Gasteiger partial charge in [-0.05, 0) is 19.8 Å². The van der Waals surface area contributed by atoms with Crippen LogP contribution >= 0.6 is 11.3 Å². The van der Waals surface area contributed by atoms with Crippen LogP contribution in [0.1, 0.15) is 43.0 Å². The van der Waals surface area contributed by atoms with E-state index in [2.05, 4.69) is 36.0 Å². The molecule has 18 heavy (non-hydrogen) atoms. The van der Waals surface area contributed by atoms with Gasteiger partial charge in [0.15, 0.2) is 0 Å². The predicted molar refractivity (Wildman–Crippen MR) is 78.0 cm³/mol. The summed E-state index contributed by atoms with van der Waals surface area (Å²) in [5.74, 6) is 0. The quantitative estimate of drug-likeness (QED) is 0.889. The van der Waals surface area contributed by atoms with Crippen LogP contribution in [0.5, 0.6) is 0 Å². The highest BCUT2D eigenvalue weighted by molar-refractivity contribution is 7.11. The van der Waals surface area contributed by atoms with Crippen molar-refractivity contribution in [3.63, 3.8) is 0 Å². The number of rotatable bonds is 5. The molecule has 1 aliphatic rings. The molecule has 0 spiro atoms. The first-order valence-electron chi connectivity index (χ1n) is 7.11. The number of hydrogen-bond donors (Lipinski definition) is 1. The largest absolute Gasteiger partial charge is 0.311 e. The lowest BCUT2D eigenvalue weighted by atomic mass is 10.0. The van der Waals surface area contributed by atoms with Crippen LogP contribution < -0.4 is 5.32 Å². The van der Waals surface area contributed by atoms with E-state index < -0.39 is 0 Å². The fourth-order valence-corrected chi connectivity index (χ4v) is 3.57. The third-order valence-corrected chi connectivity index (χ3v) is 4.65. The second-order valence-corrected chi connectivity index (χ2v) is 6.55. The van der Waals surface area contributed by atoms with Crippen LogP contribution in [0.4, 0.5) is 0 Å². The molecule has 1 aromatic rings. The molecule has 1 N–H and O–H groups in total. The lowest BCUT2D eigenvalue weighted by molar-refractivity contribution is 0.116. The van der Waals surface area contributed by atoms with Gasteiger partial charge in [-0.2, -0.15) is 0 Å². The minimum atomic E-state index is 0.673. The molecule has 2 rings (SSSR count). The first-order valence-corrected chi connectivity index (χ1v) is 7.93. The van der Waals surface area contributed by atoms with E-state index in [0.717, 1.165) is 13.1 Å². The Morgan fingerprint density at radius 3 is 2.94 bits per heavy atom. The highest BCUT2D eigenvalue weighted by Gasteiger charge is 2.26. The zero-order valence-corrected chi connectivity index (χ0v) is 12.6. The van der Waals surface area contributed by atoms with Gasteiger partial charge in [-0.15, -0.1) is 11.3 Å². The molecule has 0 saturated carbocycles. The first kappa shape index (κ1) is 14.0. The fourth-order valence-electron chi connectivity index (χ4n) is 2.75. The summed E-state index contributed by atoms with van der Waals surface area (Å²) >= 11 is 1.84. The molecule has 0 aromatic carbocycles. The van der Waals surface area contributed by atoms with Crippen molar-refractivity contribution in [1.29, 1.82) is 0 Å². The maximum absolute atomic E-state index is 4.36. The minimum absolute atomic E-state index is 0.673. The molecule has 1 aromatic heterocycles. The van der Waals surface area contributed by atoms with E-state index in [9.17, 15) is 0 Å². The van der Waals surface area contributed by atoms with Crippen molar-refractivity contribution in [1.82, 2.24) is 15.2 Å². The Morgan fingerprint density at radius 2 is 2.33 bits per heavy atom. The van der Waals surface area contributed by atoms with Gasteiger partial charge in [-0.3, -0.25) is 4.90 Å². The van der Waals surface area contributed by atoms with E-state index in [1.807, 2.05) is 17.5 Å². The van der Waals surface area contributed by atoms with Crippen LogP contribution in [-0.2, 0) is 6.54 Å². The van der Waals surface area contributed by atoms with Gasteiger partial charge >= 0.3 is 0 Å². The molecular weight excluding hydrogens is 242 g/mol. The van der Waals surface area contributed by atoms with Crippen LogP contribution in [0.15, 0.2) is 6.20 Å². The van der Waals surface area contributed by atoms with E-state index in [1.54, 1.807) is 0 Å². The van der Waals surface area contributed by atoms with Crippen molar-refractivity contribution in [3.8, 4) is 0 Å². The molecule has 102 valence electrons. The van der Waals surface area contributed by atoms with Gasteiger partial charge in [-0.1, -0.05) is 20.3 Å². The summed E-state index contributed by atoms with van der Waals surface area (Å²) in [6, 6.07) is 1.35. The predicted octanol–water partition coefficient (Wildman–Crippen LogP) is 2.80. The molecular formula is C14H25N3S. The van der Waals surface area contributed by atoms with Crippen molar-refractivity contribution in [2.24, 2.45) is 0 Å². The average Bonchev–Trinajstić information content (AvgIpc) is 2.76. The number of thiazole rings is 1. The molecule has 0 bridgehead atoms. The zero-order valence-electron chi connectivity index (χ0n) is 11.8. The number of piperazine rings is 1. The Hall–Kier alpha value is -0.450. The summed E-state index contributed by atoms with van der Waals surface area (Å²) in [6.45, 7) is 10.0. The highest BCUT2D eigenvalue weighted by atomic mass is 32.1. The topological polar surface area (TPSA) is 28.2 Å². The lowest BCUT2D eigenvalue weighted by Crippen LogP contribution is -2.55. The third-order valence-electron chi connectivity index (χ3n) is 3.75. The number of aromatic nitrogens is 1. The average molecular weight is 267 g/mol. The van der Waals surface area contributed by atoms with E-state index in [1.165, 1.54) is 35.7 Å². The molecule has 0 amide bonds. The van der Waals surface area contributed by atoms with Gasteiger partial charge in [0.2, 0.25) is 0 Å². The summed E-state index contributed by atoms with van der Waals surface area (Å²) in [5, 5.41) is 4.87. The Labute approximate surface area is 115 Å². The SMILES string of the molecule is CCCC1CN(Cc2cnc(C)s2)C(CC)CN1. The fraction of sp³-hybridized carbons (Fsp3) is 0.786. The standard InChI is InChI=1S/C14H25N3S/c1-4-6-12-9-17(13(5-2)7-16-12)10-14-8-15-11(3)18-14/h8,12-13,16H,4-7,9-10H2,1-3H3. The molecule has 0 aliphatic carbocycles. The number of nitrogens with zero attached hydrogens (tertiary/aromatic N) is 2. The summed E-state index contributed by atoms with van der Waals surface area (Å²) in [5.41, 5.74) is 0. The Bertz CT molecular complexity index is 364. The van der Waals surface area contributed by atoms with Gasteiger partial charge in [0.1, 0.15) is 0 Å². The molecule has 2 atom stereocenters. The van der Waals surface area contributed by atoms with Crippen LogP contribution in [0, 0.1) is 6.92 Å². The Balaban J connectivity index is 1.97. The summed E-state index contributed by atoms with van der Waals surface area (Å²) in [6.07, 6.45) is 5.82. The minimum Gasteiger partial charge on any atom is -0.311 e. The Kier molecular flexibility index (Phi) is 5.15. The van der Waals surface area contributed by atoms with E-state index in [-0.39, 0.29) is 0 Å². The zero-order chi connectivity index (χ0) is 13.0. The van der Waals surface area contributed by atoms with E-state index >= 15 is 0 Å². The third kappa shape index (κ3) is 3.53. The summed E-state index contributed by atoms with van der Waals surface area (Å²) < 4.78 is 0. The van der Waals surface area contributed by atoms with Gasteiger partial charge in [0.05, 0.1) is 5.01 Å². The molecule has 1 fully saturated rings. The Morgan fingerprint density at radius 1 is 1.50 bits per heavy atom. The van der Waals surface area contributed by atoms with Crippen molar-refractivity contribution >= 4 is 11.3 Å². The summed E-state index contributed by atoms with van der Waals surface area (Å²) in [7, 11) is 0. The monoisotopic (exact) mass is 267 g/mol. The second kappa shape index (κ2) is 6.64.